The van der Waals surface area contributed by atoms with Crippen LogP contribution >= 0.6 is 0 Å². The minimum Gasteiger partial charge on any atom is -0.456 e. The van der Waals surface area contributed by atoms with Gasteiger partial charge in [-0.1, -0.05) is 153 Å². The van der Waals surface area contributed by atoms with Gasteiger partial charge in [-0.15, -0.1) is 0 Å². The molecule has 0 unspecified atom stereocenters. The van der Waals surface area contributed by atoms with Crippen LogP contribution in [0.3, 0.4) is 0 Å². The zero-order valence-electron chi connectivity index (χ0n) is 28.8. The Morgan fingerprint density at radius 2 is 0.981 bits per heavy atom. The molecule has 0 bridgehead atoms. The van der Waals surface area contributed by atoms with Crippen molar-refractivity contribution in [2.75, 3.05) is 0 Å². The molecular weight excluding hydrogens is 635 g/mol. The van der Waals surface area contributed by atoms with Gasteiger partial charge >= 0.3 is 0 Å². The third kappa shape index (κ3) is 4.79. The topological polar surface area (TPSA) is 51.8 Å². The fourth-order valence-electron chi connectivity index (χ4n) is 7.99. The molecular formula is C48H33N3O. The molecule has 2 aromatic heterocycles. The summed E-state index contributed by atoms with van der Waals surface area (Å²) in [5.74, 6) is 1.86. The average molecular weight is 668 g/mol. The summed E-state index contributed by atoms with van der Waals surface area (Å²) in [6, 6.07) is 57.1. The van der Waals surface area contributed by atoms with E-state index >= 15 is 0 Å². The first-order valence-corrected chi connectivity index (χ1v) is 17.7. The summed E-state index contributed by atoms with van der Waals surface area (Å²) >= 11 is 0. The molecule has 9 aromatic rings. The number of hydrogen-bond acceptors (Lipinski definition) is 4. The number of nitrogens with zero attached hydrogens (tertiary/aromatic N) is 3. The molecule has 10 rings (SSSR count). The van der Waals surface area contributed by atoms with Gasteiger partial charge in [0.1, 0.15) is 11.2 Å². The van der Waals surface area contributed by atoms with Gasteiger partial charge in [0, 0.05) is 32.9 Å². The number of fused-ring (bicyclic) bond motifs is 6. The van der Waals surface area contributed by atoms with Crippen LogP contribution in [0.25, 0.3) is 89.5 Å². The minimum atomic E-state index is -0.143. The first kappa shape index (κ1) is 30.2. The highest BCUT2D eigenvalue weighted by molar-refractivity contribution is 6.13. The van der Waals surface area contributed by atoms with Gasteiger partial charge in [0.15, 0.2) is 17.5 Å². The molecule has 4 heteroatoms. The Morgan fingerprint density at radius 3 is 1.79 bits per heavy atom. The summed E-state index contributed by atoms with van der Waals surface area (Å²) < 4.78 is 6.52. The fraction of sp³-hybridized carbons (Fsp3) is 0.0625. The van der Waals surface area contributed by atoms with E-state index in [9.17, 15) is 0 Å². The van der Waals surface area contributed by atoms with Gasteiger partial charge in [0.25, 0.3) is 0 Å². The van der Waals surface area contributed by atoms with E-state index < -0.39 is 0 Å². The van der Waals surface area contributed by atoms with Crippen LogP contribution in [0.4, 0.5) is 0 Å². The van der Waals surface area contributed by atoms with Crippen molar-refractivity contribution in [3.8, 4) is 67.5 Å². The third-order valence-corrected chi connectivity index (χ3v) is 10.6. The predicted molar refractivity (Wildman–Crippen MR) is 212 cm³/mol. The average Bonchev–Trinajstić information content (AvgIpc) is 3.70. The highest BCUT2D eigenvalue weighted by Gasteiger charge is 2.37. The van der Waals surface area contributed by atoms with Crippen LogP contribution in [-0.2, 0) is 5.41 Å². The highest BCUT2D eigenvalue weighted by Crippen LogP contribution is 2.51. The van der Waals surface area contributed by atoms with Crippen molar-refractivity contribution < 1.29 is 4.42 Å². The smallest absolute Gasteiger partial charge is 0.164 e. The van der Waals surface area contributed by atoms with Crippen molar-refractivity contribution in [2.24, 2.45) is 0 Å². The quantitative estimate of drug-likeness (QED) is 0.183. The van der Waals surface area contributed by atoms with Gasteiger partial charge in [0.05, 0.1) is 0 Å². The molecule has 246 valence electrons. The Hall–Kier alpha value is -6.65. The molecule has 0 amide bonds. The highest BCUT2D eigenvalue weighted by atomic mass is 16.3. The molecule has 2 heterocycles. The summed E-state index contributed by atoms with van der Waals surface area (Å²) in [5, 5.41) is 2.16. The van der Waals surface area contributed by atoms with E-state index in [-0.39, 0.29) is 5.41 Å². The second-order valence-corrected chi connectivity index (χ2v) is 14.0. The van der Waals surface area contributed by atoms with E-state index in [1.54, 1.807) is 0 Å². The number of hydrogen-bond donors (Lipinski definition) is 0. The summed E-state index contributed by atoms with van der Waals surface area (Å²) in [4.78, 5) is 15.6. The molecule has 1 aliphatic carbocycles. The SMILES string of the molecule is CC1(C)c2ccccc2-c2c(-c3nc(-c4cccc(-c5ccccc5)c4)nc(-c4ccc5c(c4)oc4cccc(-c6ccccc6)c45)n3)cccc21. The molecule has 52 heavy (non-hydrogen) atoms. The molecule has 0 radical (unpaired) electrons. The van der Waals surface area contributed by atoms with E-state index in [0.29, 0.717) is 17.5 Å². The first-order valence-electron chi connectivity index (χ1n) is 17.7. The van der Waals surface area contributed by atoms with Crippen LogP contribution in [0.1, 0.15) is 25.0 Å². The van der Waals surface area contributed by atoms with Gasteiger partial charge in [0.2, 0.25) is 0 Å². The van der Waals surface area contributed by atoms with E-state index in [0.717, 1.165) is 60.9 Å². The van der Waals surface area contributed by atoms with Crippen LogP contribution in [0, 0.1) is 0 Å². The summed E-state index contributed by atoms with van der Waals surface area (Å²) in [6.07, 6.45) is 0. The lowest BCUT2D eigenvalue weighted by atomic mass is 9.82. The van der Waals surface area contributed by atoms with Crippen LogP contribution in [0.2, 0.25) is 0 Å². The van der Waals surface area contributed by atoms with E-state index in [2.05, 4.69) is 159 Å². The van der Waals surface area contributed by atoms with Crippen molar-refractivity contribution in [3.05, 3.63) is 175 Å². The van der Waals surface area contributed by atoms with Crippen molar-refractivity contribution in [1.82, 2.24) is 15.0 Å². The number of rotatable bonds is 5. The Kier molecular flexibility index (Phi) is 6.80. The van der Waals surface area contributed by atoms with Gasteiger partial charge in [-0.2, -0.15) is 0 Å². The second kappa shape index (κ2) is 11.7. The van der Waals surface area contributed by atoms with Crippen molar-refractivity contribution in [3.63, 3.8) is 0 Å². The van der Waals surface area contributed by atoms with Gasteiger partial charge in [-0.05, 0) is 68.8 Å². The Morgan fingerprint density at radius 1 is 0.404 bits per heavy atom. The van der Waals surface area contributed by atoms with Crippen LogP contribution < -0.4 is 0 Å². The van der Waals surface area contributed by atoms with Gasteiger partial charge in [-0.25, -0.2) is 15.0 Å². The maximum absolute atomic E-state index is 6.52. The maximum Gasteiger partial charge on any atom is 0.164 e. The summed E-state index contributed by atoms with van der Waals surface area (Å²) in [7, 11) is 0. The molecule has 1 aliphatic rings. The molecule has 0 aliphatic heterocycles. The van der Waals surface area contributed by atoms with Crippen molar-refractivity contribution in [1.29, 1.82) is 0 Å². The predicted octanol–water partition coefficient (Wildman–Crippen LogP) is 12.4. The van der Waals surface area contributed by atoms with Crippen LogP contribution in [0.15, 0.2) is 168 Å². The van der Waals surface area contributed by atoms with E-state index in [4.69, 9.17) is 19.4 Å². The number of aromatic nitrogens is 3. The van der Waals surface area contributed by atoms with E-state index in [1.165, 1.54) is 22.3 Å². The third-order valence-electron chi connectivity index (χ3n) is 10.6. The molecule has 0 atom stereocenters. The lowest BCUT2D eigenvalue weighted by molar-refractivity contribution is 0.660. The molecule has 7 aromatic carbocycles. The Balaban J connectivity index is 1.18. The second-order valence-electron chi connectivity index (χ2n) is 14.0. The lowest BCUT2D eigenvalue weighted by Gasteiger charge is -2.21. The number of benzene rings is 7. The molecule has 4 nitrogen and oxygen atoms in total. The molecule has 0 saturated heterocycles. The van der Waals surface area contributed by atoms with Crippen molar-refractivity contribution in [2.45, 2.75) is 19.3 Å². The monoisotopic (exact) mass is 667 g/mol. The Bertz CT molecular complexity index is 2820. The van der Waals surface area contributed by atoms with Crippen LogP contribution in [0.5, 0.6) is 0 Å². The summed E-state index contributed by atoms with van der Waals surface area (Å²) in [6.45, 7) is 4.60. The lowest BCUT2D eigenvalue weighted by Crippen LogP contribution is -2.14. The molecule has 0 N–H and O–H groups in total. The fourth-order valence-corrected chi connectivity index (χ4v) is 7.99. The zero-order valence-corrected chi connectivity index (χ0v) is 28.8. The summed E-state index contributed by atoms with van der Waals surface area (Å²) in [5.41, 5.74) is 13.8. The first-order chi connectivity index (χ1) is 25.5. The number of furan rings is 1. The molecule has 0 fully saturated rings. The zero-order chi connectivity index (χ0) is 34.8. The standard InChI is InChI=1S/C48H33N3O/c1-48(2)39-23-10-9-20-36(39)43-38(22-12-24-40(43)48)47-50-45(33-19-11-18-32(28-33)30-14-5-3-6-15-30)49-46(51-47)34-26-27-37-42(29-34)52-41-25-13-21-35(44(37)41)31-16-7-4-8-17-31/h3-29H,1-2H3. The maximum atomic E-state index is 6.52. The largest absolute Gasteiger partial charge is 0.456 e. The van der Waals surface area contributed by atoms with Gasteiger partial charge in [-0.3, -0.25) is 0 Å². The van der Waals surface area contributed by atoms with Crippen molar-refractivity contribution >= 4 is 21.9 Å². The van der Waals surface area contributed by atoms with E-state index in [1.807, 2.05) is 18.2 Å². The normalized spacial score (nSPS) is 13.0. The van der Waals surface area contributed by atoms with Crippen LogP contribution in [-0.4, -0.2) is 15.0 Å². The van der Waals surface area contributed by atoms with Gasteiger partial charge < -0.3 is 4.42 Å². The molecule has 0 spiro atoms. The Labute approximate surface area is 302 Å². The minimum absolute atomic E-state index is 0.143. The molecule has 0 saturated carbocycles.